The Morgan fingerprint density at radius 1 is 1.37 bits per heavy atom. The number of nitrogens with zero attached hydrogens (tertiary/aromatic N) is 3. The predicted octanol–water partition coefficient (Wildman–Crippen LogP) is 2.12. The van der Waals surface area contributed by atoms with Crippen LogP contribution in [0.3, 0.4) is 0 Å². The van der Waals surface area contributed by atoms with Gasteiger partial charge in [-0.25, -0.2) is 0 Å². The highest BCUT2D eigenvalue weighted by atomic mass is 16.5. The van der Waals surface area contributed by atoms with Crippen LogP contribution in [0.15, 0.2) is 29.0 Å². The van der Waals surface area contributed by atoms with Crippen molar-refractivity contribution < 1.29 is 4.52 Å². The molecular weight excluding hydrogens is 240 g/mol. The van der Waals surface area contributed by atoms with Crippen LogP contribution in [0.1, 0.15) is 43.1 Å². The van der Waals surface area contributed by atoms with E-state index in [0.717, 1.165) is 30.2 Å². The number of rotatable bonds is 3. The van der Waals surface area contributed by atoms with Crippen LogP contribution < -0.4 is 5.32 Å². The third-order valence-electron chi connectivity index (χ3n) is 3.56. The first-order valence-electron chi connectivity index (χ1n) is 6.76. The Morgan fingerprint density at radius 3 is 3.00 bits per heavy atom. The molecule has 2 aromatic heterocycles. The molecule has 3 heterocycles. The summed E-state index contributed by atoms with van der Waals surface area (Å²) in [6.45, 7) is 3.29. The summed E-state index contributed by atoms with van der Waals surface area (Å²) in [6, 6.07) is 4.15. The highest BCUT2D eigenvalue weighted by Gasteiger charge is 2.24. The smallest absolute Gasteiger partial charge is 0.243 e. The van der Waals surface area contributed by atoms with E-state index >= 15 is 0 Å². The second-order valence-electron chi connectivity index (χ2n) is 5.22. The van der Waals surface area contributed by atoms with Crippen molar-refractivity contribution in [3.05, 3.63) is 41.8 Å². The molecule has 2 unspecified atom stereocenters. The summed E-state index contributed by atoms with van der Waals surface area (Å²) in [5.41, 5.74) is 1.15. The minimum absolute atomic E-state index is 0.211. The number of hydrogen-bond donors (Lipinski definition) is 1. The zero-order valence-electron chi connectivity index (χ0n) is 11.0. The molecule has 0 radical (unpaired) electrons. The van der Waals surface area contributed by atoms with E-state index in [4.69, 9.17) is 4.52 Å². The Kier molecular flexibility index (Phi) is 3.55. The molecule has 0 spiro atoms. The van der Waals surface area contributed by atoms with Gasteiger partial charge >= 0.3 is 0 Å². The summed E-state index contributed by atoms with van der Waals surface area (Å²) < 4.78 is 5.39. The van der Waals surface area contributed by atoms with Crippen molar-refractivity contribution in [3.63, 3.8) is 0 Å². The van der Waals surface area contributed by atoms with Crippen LogP contribution in [-0.4, -0.2) is 21.7 Å². The molecule has 1 saturated heterocycles. The Balaban J connectivity index is 1.69. The second kappa shape index (κ2) is 5.48. The third kappa shape index (κ3) is 2.98. The van der Waals surface area contributed by atoms with Crippen molar-refractivity contribution in [1.29, 1.82) is 0 Å². The van der Waals surface area contributed by atoms with Crippen molar-refractivity contribution in [1.82, 2.24) is 20.4 Å². The predicted molar refractivity (Wildman–Crippen MR) is 70.5 cm³/mol. The lowest BCUT2D eigenvalue weighted by atomic mass is 9.94. The molecule has 0 bridgehead atoms. The van der Waals surface area contributed by atoms with E-state index < -0.39 is 0 Å². The van der Waals surface area contributed by atoms with E-state index in [9.17, 15) is 0 Å². The number of nitrogens with one attached hydrogen (secondary N) is 1. The maximum atomic E-state index is 5.39. The van der Waals surface area contributed by atoms with Gasteiger partial charge in [-0.1, -0.05) is 12.1 Å². The lowest BCUT2D eigenvalue weighted by Crippen LogP contribution is -2.30. The van der Waals surface area contributed by atoms with Gasteiger partial charge in [0.05, 0.1) is 6.04 Å². The number of pyridine rings is 1. The fraction of sp³-hybridized carbons (Fsp3) is 0.500. The molecule has 0 aliphatic carbocycles. The van der Waals surface area contributed by atoms with Gasteiger partial charge in [-0.05, 0) is 43.0 Å². The van der Waals surface area contributed by atoms with E-state index in [1.54, 1.807) is 12.4 Å². The first-order chi connectivity index (χ1) is 9.31. The summed E-state index contributed by atoms with van der Waals surface area (Å²) in [7, 11) is 0. The number of piperidine rings is 1. The Bertz CT molecular complexity index is 525. The zero-order valence-corrected chi connectivity index (χ0v) is 11.0. The van der Waals surface area contributed by atoms with Gasteiger partial charge in [0, 0.05) is 18.8 Å². The molecule has 3 rings (SSSR count). The van der Waals surface area contributed by atoms with Crippen LogP contribution in [0.4, 0.5) is 0 Å². The molecule has 19 heavy (non-hydrogen) atoms. The normalized spacial score (nSPS) is 23.4. The lowest BCUT2D eigenvalue weighted by Gasteiger charge is -2.25. The van der Waals surface area contributed by atoms with E-state index in [1.165, 1.54) is 6.42 Å². The number of aromatic nitrogens is 3. The molecule has 1 N–H and O–H groups in total. The van der Waals surface area contributed by atoms with Crippen molar-refractivity contribution >= 4 is 0 Å². The van der Waals surface area contributed by atoms with Crippen LogP contribution in [0.5, 0.6) is 0 Å². The first kappa shape index (κ1) is 12.3. The standard InChI is InChI=1S/C14H18N4O/c1-10-2-7-16-12(8-10)14-17-13(18-19-14)9-11-3-5-15-6-4-11/h3-6,10,12,16H,2,7-9H2,1H3. The molecule has 1 aliphatic heterocycles. The quantitative estimate of drug-likeness (QED) is 0.913. The van der Waals surface area contributed by atoms with Crippen LogP contribution >= 0.6 is 0 Å². The van der Waals surface area contributed by atoms with Crippen LogP contribution in [0, 0.1) is 5.92 Å². The molecule has 0 saturated carbocycles. The molecule has 1 aliphatic rings. The van der Waals surface area contributed by atoms with Gasteiger partial charge in [-0.3, -0.25) is 4.98 Å². The highest BCUT2D eigenvalue weighted by molar-refractivity contribution is 5.15. The molecule has 0 amide bonds. The minimum atomic E-state index is 0.211. The fourth-order valence-corrected chi connectivity index (χ4v) is 2.46. The lowest BCUT2D eigenvalue weighted by molar-refractivity contribution is 0.259. The van der Waals surface area contributed by atoms with Gasteiger partial charge in [-0.2, -0.15) is 4.98 Å². The summed E-state index contributed by atoms with van der Waals surface area (Å²) in [5.74, 6) is 2.17. The number of hydrogen-bond acceptors (Lipinski definition) is 5. The third-order valence-corrected chi connectivity index (χ3v) is 3.56. The van der Waals surface area contributed by atoms with E-state index in [-0.39, 0.29) is 6.04 Å². The van der Waals surface area contributed by atoms with Gasteiger partial charge in [0.2, 0.25) is 5.89 Å². The van der Waals surface area contributed by atoms with Gasteiger partial charge in [-0.15, -0.1) is 0 Å². The summed E-state index contributed by atoms with van der Waals surface area (Å²) in [6.07, 6.45) is 6.53. The fourth-order valence-electron chi connectivity index (χ4n) is 2.46. The summed E-state index contributed by atoms with van der Waals surface area (Å²) in [4.78, 5) is 8.50. The Labute approximate surface area is 112 Å². The average Bonchev–Trinajstić information content (AvgIpc) is 2.88. The molecule has 100 valence electrons. The monoisotopic (exact) mass is 258 g/mol. The van der Waals surface area contributed by atoms with Gasteiger partial charge in [0.1, 0.15) is 0 Å². The summed E-state index contributed by atoms with van der Waals surface area (Å²) in [5, 5.41) is 7.50. The van der Waals surface area contributed by atoms with Crippen molar-refractivity contribution in [2.24, 2.45) is 5.92 Å². The molecule has 2 atom stereocenters. The summed E-state index contributed by atoms with van der Waals surface area (Å²) >= 11 is 0. The molecule has 5 nitrogen and oxygen atoms in total. The topological polar surface area (TPSA) is 63.8 Å². The van der Waals surface area contributed by atoms with Gasteiger partial charge < -0.3 is 9.84 Å². The molecular formula is C14H18N4O. The first-order valence-corrected chi connectivity index (χ1v) is 6.76. The van der Waals surface area contributed by atoms with Crippen LogP contribution in [-0.2, 0) is 6.42 Å². The van der Waals surface area contributed by atoms with Gasteiger partial charge in [0.15, 0.2) is 5.82 Å². The van der Waals surface area contributed by atoms with Gasteiger partial charge in [0.25, 0.3) is 0 Å². The van der Waals surface area contributed by atoms with E-state index in [2.05, 4.69) is 27.4 Å². The zero-order chi connectivity index (χ0) is 13.1. The molecule has 5 heteroatoms. The SMILES string of the molecule is CC1CCNC(c2nc(Cc3ccncc3)no2)C1. The highest BCUT2D eigenvalue weighted by Crippen LogP contribution is 2.25. The second-order valence-corrected chi connectivity index (χ2v) is 5.22. The minimum Gasteiger partial charge on any atom is -0.338 e. The van der Waals surface area contributed by atoms with Crippen molar-refractivity contribution in [3.8, 4) is 0 Å². The average molecular weight is 258 g/mol. The van der Waals surface area contributed by atoms with Crippen LogP contribution in [0.2, 0.25) is 0 Å². The van der Waals surface area contributed by atoms with Crippen molar-refractivity contribution in [2.45, 2.75) is 32.2 Å². The Hall–Kier alpha value is -1.75. The largest absolute Gasteiger partial charge is 0.338 e. The maximum absolute atomic E-state index is 5.39. The van der Waals surface area contributed by atoms with E-state index in [0.29, 0.717) is 12.3 Å². The maximum Gasteiger partial charge on any atom is 0.243 e. The molecule has 1 fully saturated rings. The molecule has 2 aromatic rings. The Morgan fingerprint density at radius 2 is 2.21 bits per heavy atom. The van der Waals surface area contributed by atoms with Crippen molar-refractivity contribution in [2.75, 3.05) is 6.54 Å². The van der Waals surface area contributed by atoms with E-state index in [1.807, 2.05) is 12.1 Å². The molecule has 0 aromatic carbocycles. The van der Waals surface area contributed by atoms with Crippen LogP contribution in [0.25, 0.3) is 0 Å².